The van der Waals surface area contributed by atoms with Gasteiger partial charge in [-0.1, -0.05) is 12.1 Å². The summed E-state index contributed by atoms with van der Waals surface area (Å²) in [6.45, 7) is 10.7. The van der Waals surface area contributed by atoms with Crippen LogP contribution in [0.15, 0.2) is 42.5 Å². The molecule has 230 valence electrons. The van der Waals surface area contributed by atoms with Crippen molar-refractivity contribution in [3.05, 3.63) is 42.5 Å². The lowest BCUT2D eigenvalue weighted by Crippen LogP contribution is -2.66. The first kappa shape index (κ1) is 29.8. The minimum atomic E-state index is -2.52. The molecule has 12 heteroatoms. The molecule has 0 bridgehead atoms. The van der Waals surface area contributed by atoms with E-state index in [2.05, 4.69) is 20.2 Å². The predicted octanol–water partition coefficient (Wildman–Crippen LogP) is 4.70. The monoisotopic (exact) mass is 594 g/mol. The largest absolute Gasteiger partial charge is 0.494 e. The molecule has 1 aliphatic carbocycles. The molecule has 1 spiro atoms. The lowest BCUT2D eigenvalue weighted by Gasteiger charge is -2.59. The van der Waals surface area contributed by atoms with Crippen LogP contribution in [0.1, 0.15) is 40.5 Å². The minimum absolute atomic E-state index is 0.0275. The molecule has 2 saturated heterocycles. The van der Waals surface area contributed by atoms with Crippen molar-refractivity contribution >= 4 is 29.9 Å². The number of nitrogens with one attached hydrogen (secondary N) is 1. The van der Waals surface area contributed by atoms with Crippen molar-refractivity contribution in [2.45, 2.75) is 57.7 Å². The fraction of sp³-hybridized carbons (Fsp3) is 0.548. The predicted molar refractivity (Wildman–Crippen MR) is 165 cm³/mol. The molecule has 0 unspecified atom stereocenters. The lowest BCUT2D eigenvalue weighted by atomic mass is 9.61. The molecule has 2 aromatic carbocycles. The molecule has 1 aromatic heterocycles. The van der Waals surface area contributed by atoms with Gasteiger partial charge in [-0.05, 0) is 77.6 Å². The Kier molecular flexibility index (Phi) is 7.25. The van der Waals surface area contributed by atoms with E-state index >= 15 is 0 Å². The van der Waals surface area contributed by atoms with Crippen molar-refractivity contribution in [2.75, 3.05) is 50.6 Å². The first-order valence-corrected chi connectivity index (χ1v) is 14.8. The summed E-state index contributed by atoms with van der Waals surface area (Å²) in [7, 11) is 5.41. The van der Waals surface area contributed by atoms with Crippen LogP contribution in [0.2, 0.25) is 0 Å². The molecular formula is C31H41BF2N6O3. The minimum Gasteiger partial charge on any atom is -0.490 e. The van der Waals surface area contributed by atoms with Crippen LogP contribution in [0, 0.1) is 5.41 Å². The summed E-state index contributed by atoms with van der Waals surface area (Å²) >= 11 is 0. The third-order valence-electron chi connectivity index (χ3n) is 9.13. The van der Waals surface area contributed by atoms with Gasteiger partial charge in [-0.2, -0.15) is 4.98 Å². The highest BCUT2D eigenvalue weighted by atomic mass is 19.3. The normalized spacial score (nSPS) is 21.2. The molecule has 6 rings (SSSR count). The molecule has 1 saturated carbocycles. The van der Waals surface area contributed by atoms with Crippen LogP contribution < -0.4 is 20.4 Å². The van der Waals surface area contributed by atoms with Gasteiger partial charge in [0.2, 0.25) is 11.9 Å². The number of hydrogen-bond donors (Lipinski definition) is 1. The van der Waals surface area contributed by atoms with Crippen molar-refractivity contribution in [3.63, 3.8) is 0 Å². The standard InChI is InChI=1S/C31H41BF2N6O3/c1-28(2)29(3,4)43-32(42-28)22-9-11-23(12-10-22)35-27-36-26(37-39(27)7)21-8-13-24(25(16-21)41-15-14-38(5)6)40-19-30(20-40)17-31(33,34)18-30/h8-13,16H,14-15,17-20H2,1-7H3,(H,35,36,37). The fourth-order valence-electron chi connectivity index (χ4n) is 6.02. The third-order valence-corrected chi connectivity index (χ3v) is 9.13. The summed E-state index contributed by atoms with van der Waals surface area (Å²) in [5, 5.41) is 8.00. The van der Waals surface area contributed by atoms with E-state index in [1.54, 1.807) is 4.68 Å². The summed E-state index contributed by atoms with van der Waals surface area (Å²) in [4.78, 5) is 8.95. The fourth-order valence-corrected chi connectivity index (χ4v) is 6.02. The van der Waals surface area contributed by atoms with Crippen molar-refractivity contribution in [2.24, 2.45) is 12.5 Å². The van der Waals surface area contributed by atoms with Crippen LogP contribution in [0.4, 0.5) is 26.1 Å². The zero-order valence-electron chi connectivity index (χ0n) is 26.1. The molecule has 2 aliphatic heterocycles. The molecule has 3 aromatic rings. The highest BCUT2D eigenvalue weighted by Crippen LogP contribution is 2.58. The molecule has 3 heterocycles. The highest BCUT2D eigenvalue weighted by Gasteiger charge is 2.62. The Morgan fingerprint density at radius 3 is 2.26 bits per heavy atom. The summed E-state index contributed by atoms with van der Waals surface area (Å²) < 4.78 is 47.4. The Labute approximate surface area is 252 Å². The average Bonchev–Trinajstić information content (AvgIpc) is 3.35. The maximum absolute atomic E-state index is 13.6. The molecule has 43 heavy (non-hydrogen) atoms. The van der Waals surface area contributed by atoms with Crippen LogP contribution in [0.5, 0.6) is 5.75 Å². The summed E-state index contributed by atoms with van der Waals surface area (Å²) in [6.07, 6.45) is -0.0550. The Morgan fingerprint density at radius 1 is 1.00 bits per heavy atom. The van der Waals surface area contributed by atoms with Gasteiger partial charge in [0.15, 0.2) is 5.82 Å². The first-order chi connectivity index (χ1) is 20.1. The van der Waals surface area contributed by atoms with Crippen LogP contribution in [0.25, 0.3) is 11.4 Å². The number of halogens is 2. The molecule has 3 aliphatic rings. The van der Waals surface area contributed by atoms with Gasteiger partial charge in [0.25, 0.3) is 0 Å². The third kappa shape index (κ3) is 5.84. The summed E-state index contributed by atoms with van der Waals surface area (Å²) in [5.74, 6) is -0.665. The number of likely N-dealkylation sites (N-methyl/N-ethyl adjacent to an activating group) is 1. The molecule has 1 N–H and O–H groups in total. The number of nitrogens with zero attached hydrogens (tertiary/aromatic N) is 5. The second-order valence-electron chi connectivity index (χ2n) is 13.6. The van der Waals surface area contributed by atoms with Crippen molar-refractivity contribution in [3.8, 4) is 17.1 Å². The van der Waals surface area contributed by atoms with Gasteiger partial charge in [0.1, 0.15) is 12.4 Å². The molecule has 0 amide bonds. The topological polar surface area (TPSA) is 76.9 Å². The van der Waals surface area contributed by atoms with E-state index in [0.29, 0.717) is 37.2 Å². The van der Waals surface area contributed by atoms with Crippen LogP contribution in [-0.4, -0.2) is 84.2 Å². The Hall–Kier alpha value is -3.22. The SMILES string of the molecule is CN(C)CCOc1cc(-c2nc(Nc3ccc(B4OC(C)(C)C(C)(C)O4)cc3)n(C)n2)ccc1N1CC2(C1)CC(F)(F)C2. The number of ether oxygens (including phenoxy) is 1. The number of anilines is 3. The number of hydrogen-bond acceptors (Lipinski definition) is 8. The van der Waals surface area contributed by atoms with E-state index in [1.807, 2.05) is 91.3 Å². The molecule has 0 radical (unpaired) electrons. The van der Waals surface area contributed by atoms with E-state index < -0.39 is 24.2 Å². The highest BCUT2D eigenvalue weighted by molar-refractivity contribution is 6.62. The second kappa shape index (κ2) is 10.5. The lowest BCUT2D eigenvalue weighted by molar-refractivity contribution is -0.170. The van der Waals surface area contributed by atoms with Crippen LogP contribution >= 0.6 is 0 Å². The second-order valence-corrected chi connectivity index (χ2v) is 13.6. The smallest absolute Gasteiger partial charge is 0.490 e. The van der Waals surface area contributed by atoms with Crippen molar-refractivity contribution in [1.82, 2.24) is 19.7 Å². The number of rotatable bonds is 9. The van der Waals surface area contributed by atoms with E-state index in [4.69, 9.17) is 19.0 Å². The van der Waals surface area contributed by atoms with Gasteiger partial charge in [0, 0.05) is 56.2 Å². The molecule has 9 nitrogen and oxygen atoms in total. The Morgan fingerprint density at radius 2 is 1.65 bits per heavy atom. The molecule has 3 fully saturated rings. The van der Waals surface area contributed by atoms with E-state index in [-0.39, 0.29) is 18.3 Å². The zero-order chi connectivity index (χ0) is 30.8. The molecule has 0 atom stereocenters. The zero-order valence-corrected chi connectivity index (χ0v) is 26.1. The Bertz CT molecular complexity index is 1460. The maximum atomic E-state index is 13.6. The van der Waals surface area contributed by atoms with Gasteiger partial charge < -0.3 is 29.2 Å². The van der Waals surface area contributed by atoms with Gasteiger partial charge in [-0.15, -0.1) is 5.10 Å². The number of benzene rings is 2. The molecular weight excluding hydrogens is 553 g/mol. The van der Waals surface area contributed by atoms with Gasteiger partial charge in [-0.25, -0.2) is 13.5 Å². The van der Waals surface area contributed by atoms with E-state index in [0.717, 1.165) is 28.9 Å². The number of alkyl halides is 2. The van der Waals surface area contributed by atoms with Crippen molar-refractivity contribution < 1.29 is 22.8 Å². The van der Waals surface area contributed by atoms with Gasteiger partial charge in [0.05, 0.1) is 16.9 Å². The number of aromatic nitrogens is 3. The van der Waals surface area contributed by atoms with E-state index in [9.17, 15) is 8.78 Å². The van der Waals surface area contributed by atoms with Gasteiger partial charge in [-0.3, -0.25) is 0 Å². The first-order valence-electron chi connectivity index (χ1n) is 14.8. The summed E-state index contributed by atoms with van der Waals surface area (Å²) in [5.41, 5.74) is 2.47. The van der Waals surface area contributed by atoms with Crippen molar-refractivity contribution in [1.29, 1.82) is 0 Å². The average molecular weight is 595 g/mol. The summed E-state index contributed by atoms with van der Waals surface area (Å²) in [6, 6.07) is 13.8. The van der Waals surface area contributed by atoms with Crippen LogP contribution in [-0.2, 0) is 16.4 Å². The van der Waals surface area contributed by atoms with Gasteiger partial charge >= 0.3 is 7.12 Å². The maximum Gasteiger partial charge on any atom is 0.494 e. The quantitative estimate of drug-likeness (QED) is 0.358. The van der Waals surface area contributed by atoms with Crippen LogP contribution in [0.3, 0.4) is 0 Å². The van der Waals surface area contributed by atoms with E-state index in [1.165, 1.54) is 0 Å². The number of aryl methyl sites for hydroxylation is 1. The Balaban J connectivity index is 1.16.